The van der Waals surface area contributed by atoms with Crippen molar-refractivity contribution in [2.45, 2.75) is 19.4 Å². The smallest absolute Gasteiger partial charge is 0.0805 e. The van der Waals surface area contributed by atoms with E-state index in [2.05, 4.69) is 10.2 Å². The molecule has 2 aromatic rings. The Morgan fingerprint density at radius 3 is 2.57 bits per heavy atom. The predicted molar refractivity (Wildman–Crippen MR) is 81.0 cm³/mol. The molecule has 1 aromatic heterocycles. The predicted octanol–water partition coefficient (Wildman–Crippen LogP) is 0.581. The fourth-order valence-electron chi connectivity index (χ4n) is 2.55. The van der Waals surface area contributed by atoms with Gasteiger partial charge in [0.2, 0.25) is 0 Å². The molecule has 6 heteroatoms. The monoisotopic (exact) mass is 293 g/mol. The lowest BCUT2D eigenvalue weighted by Crippen LogP contribution is -2.31. The topological polar surface area (TPSA) is 92.6 Å². The van der Waals surface area contributed by atoms with Gasteiger partial charge >= 0.3 is 0 Å². The van der Waals surface area contributed by atoms with Crippen LogP contribution in [0.15, 0.2) is 18.3 Å². The fraction of sp³-hybridized carbons (Fsp3) is 0.533. The molecule has 0 aliphatic rings. The van der Waals surface area contributed by atoms with E-state index >= 15 is 0 Å². The van der Waals surface area contributed by atoms with Crippen molar-refractivity contribution in [2.24, 2.45) is 0 Å². The van der Waals surface area contributed by atoms with Gasteiger partial charge in [-0.2, -0.15) is 5.10 Å². The van der Waals surface area contributed by atoms with Gasteiger partial charge in [0.1, 0.15) is 0 Å². The summed E-state index contributed by atoms with van der Waals surface area (Å²) in [6, 6.07) is 3.95. The van der Waals surface area contributed by atoms with Gasteiger partial charge in [0.15, 0.2) is 0 Å². The van der Waals surface area contributed by atoms with Crippen molar-refractivity contribution in [2.75, 3.05) is 32.8 Å². The van der Waals surface area contributed by atoms with E-state index in [1.54, 1.807) is 6.20 Å². The molecule has 0 amide bonds. The number of aliphatic hydroxyl groups is 3. The maximum atomic E-state index is 10.4. The van der Waals surface area contributed by atoms with Crippen molar-refractivity contribution in [3.8, 4) is 0 Å². The first-order chi connectivity index (χ1) is 10.2. The summed E-state index contributed by atoms with van der Waals surface area (Å²) in [5.74, 6) is 0. The maximum Gasteiger partial charge on any atom is 0.0805 e. The molecule has 21 heavy (non-hydrogen) atoms. The molecule has 0 aliphatic heterocycles. The van der Waals surface area contributed by atoms with E-state index in [0.29, 0.717) is 26.1 Å². The Bertz CT molecular complexity index is 564. The number of benzene rings is 1. The number of aliphatic hydroxyl groups excluding tert-OH is 3. The van der Waals surface area contributed by atoms with Crippen molar-refractivity contribution in [1.82, 2.24) is 15.1 Å². The first-order valence-corrected chi connectivity index (χ1v) is 7.21. The quantitative estimate of drug-likeness (QED) is 0.571. The van der Waals surface area contributed by atoms with Gasteiger partial charge in [-0.05, 0) is 36.6 Å². The second-order valence-corrected chi connectivity index (χ2v) is 5.26. The highest BCUT2D eigenvalue weighted by Crippen LogP contribution is 2.25. The van der Waals surface area contributed by atoms with E-state index in [0.717, 1.165) is 22.0 Å². The fourth-order valence-corrected chi connectivity index (χ4v) is 2.55. The van der Waals surface area contributed by atoms with Gasteiger partial charge < -0.3 is 15.3 Å². The number of fused-ring (bicyclic) bond motifs is 1. The molecule has 0 radical (unpaired) electrons. The molecule has 0 bridgehead atoms. The molecule has 0 aliphatic carbocycles. The second kappa shape index (κ2) is 7.51. The Hall–Kier alpha value is -1.47. The summed E-state index contributed by atoms with van der Waals surface area (Å²) in [7, 11) is 0. The summed E-state index contributed by atoms with van der Waals surface area (Å²) in [4.78, 5) is 1.94. The normalized spacial score (nSPS) is 13.2. The molecule has 0 saturated heterocycles. The first-order valence-electron chi connectivity index (χ1n) is 7.21. The number of aromatic nitrogens is 2. The van der Waals surface area contributed by atoms with Crippen molar-refractivity contribution in [3.05, 3.63) is 29.5 Å². The first kappa shape index (κ1) is 15.9. The van der Waals surface area contributed by atoms with Gasteiger partial charge in [-0.1, -0.05) is 0 Å². The highest BCUT2D eigenvalue weighted by molar-refractivity contribution is 5.79. The van der Waals surface area contributed by atoms with Crippen molar-refractivity contribution >= 4 is 10.9 Å². The number of H-pyrrole nitrogens is 1. The Kier molecular flexibility index (Phi) is 5.69. The van der Waals surface area contributed by atoms with Gasteiger partial charge in [0.25, 0.3) is 0 Å². The van der Waals surface area contributed by atoms with Gasteiger partial charge in [-0.3, -0.25) is 10.00 Å². The van der Waals surface area contributed by atoms with Gasteiger partial charge in [0.05, 0.1) is 31.0 Å². The summed E-state index contributed by atoms with van der Waals surface area (Å²) < 4.78 is 0. The molecule has 116 valence electrons. The van der Waals surface area contributed by atoms with Crippen LogP contribution in [0.1, 0.15) is 23.7 Å². The highest BCUT2D eigenvalue weighted by atomic mass is 16.3. The van der Waals surface area contributed by atoms with Crippen molar-refractivity contribution in [1.29, 1.82) is 0 Å². The van der Waals surface area contributed by atoms with Crippen LogP contribution in [0.25, 0.3) is 10.9 Å². The van der Waals surface area contributed by atoms with Gasteiger partial charge in [0, 0.05) is 25.0 Å². The van der Waals surface area contributed by atoms with E-state index in [-0.39, 0.29) is 13.2 Å². The van der Waals surface area contributed by atoms with Gasteiger partial charge in [-0.25, -0.2) is 0 Å². The molecule has 1 atom stereocenters. The minimum atomic E-state index is -0.566. The van der Waals surface area contributed by atoms with Crippen LogP contribution >= 0.6 is 0 Å². The lowest BCUT2D eigenvalue weighted by Gasteiger charge is -2.22. The second-order valence-electron chi connectivity index (χ2n) is 5.26. The van der Waals surface area contributed by atoms with Crippen LogP contribution in [0, 0.1) is 6.92 Å². The molecule has 6 nitrogen and oxygen atoms in total. The number of rotatable bonds is 8. The zero-order chi connectivity index (χ0) is 15.2. The third-order valence-electron chi connectivity index (χ3n) is 3.74. The van der Waals surface area contributed by atoms with Crippen LogP contribution in [-0.2, 0) is 0 Å². The molecule has 0 fully saturated rings. The SMILES string of the molecule is Cc1cc2[nH]ncc2cc1C(O)CCN(CCO)CCO. The lowest BCUT2D eigenvalue weighted by atomic mass is 9.99. The highest BCUT2D eigenvalue weighted by Gasteiger charge is 2.14. The van der Waals surface area contributed by atoms with Crippen molar-refractivity contribution < 1.29 is 15.3 Å². The zero-order valence-corrected chi connectivity index (χ0v) is 12.3. The Labute approximate surface area is 124 Å². The summed E-state index contributed by atoms with van der Waals surface area (Å²) in [5.41, 5.74) is 2.89. The summed E-state index contributed by atoms with van der Waals surface area (Å²) in [5, 5.41) is 36.3. The minimum absolute atomic E-state index is 0.0517. The molecular weight excluding hydrogens is 270 g/mol. The average molecular weight is 293 g/mol. The minimum Gasteiger partial charge on any atom is -0.395 e. The third kappa shape index (κ3) is 4.01. The number of hydrogen-bond acceptors (Lipinski definition) is 5. The zero-order valence-electron chi connectivity index (χ0n) is 12.3. The average Bonchev–Trinajstić information content (AvgIpc) is 2.91. The molecule has 1 aromatic carbocycles. The van der Waals surface area contributed by atoms with Crippen LogP contribution in [-0.4, -0.2) is 63.3 Å². The molecule has 2 rings (SSSR count). The molecular formula is C15H23N3O3. The molecule has 1 unspecified atom stereocenters. The lowest BCUT2D eigenvalue weighted by molar-refractivity contribution is 0.118. The van der Waals surface area contributed by atoms with Crippen LogP contribution in [0.5, 0.6) is 0 Å². The standard InChI is InChI=1S/C15H23N3O3/c1-11-8-14-12(10-16-17-14)9-13(11)15(21)2-3-18(4-6-19)5-7-20/h8-10,15,19-21H,2-7H2,1H3,(H,16,17). The molecule has 1 heterocycles. The number of nitrogens with zero attached hydrogens (tertiary/aromatic N) is 2. The number of aryl methyl sites for hydroxylation is 1. The Morgan fingerprint density at radius 1 is 1.19 bits per heavy atom. The largest absolute Gasteiger partial charge is 0.395 e. The number of nitrogens with one attached hydrogen (secondary N) is 1. The van der Waals surface area contributed by atoms with Crippen molar-refractivity contribution in [3.63, 3.8) is 0 Å². The van der Waals surface area contributed by atoms with Crippen LogP contribution in [0.4, 0.5) is 0 Å². The Morgan fingerprint density at radius 2 is 1.90 bits per heavy atom. The van der Waals surface area contributed by atoms with E-state index in [4.69, 9.17) is 10.2 Å². The van der Waals surface area contributed by atoms with Crippen LogP contribution in [0.3, 0.4) is 0 Å². The molecule has 0 spiro atoms. The molecule has 0 saturated carbocycles. The van der Waals surface area contributed by atoms with E-state index in [1.807, 2.05) is 24.0 Å². The summed E-state index contributed by atoms with van der Waals surface area (Å²) in [6.07, 6.45) is 1.74. The Balaban J connectivity index is 2.03. The van der Waals surface area contributed by atoms with Crippen LogP contribution < -0.4 is 0 Å². The molecule has 4 N–H and O–H groups in total. The maximum absolute atomic E-state index is 10.4. The third-order valence-corrected chi connectivity index (χ3v) is 3.74. The van der Waals surface area contributed by atoms with Crippen LogP contribution in [0.2, 0.25) is 0 Å². The van der Waals surface area contributed by atoms with E-state index in [1.165, 1.54) is 0 Å². The summed E-state index contributed by atoms with van der Waals surface area (Å²) >= 11 is 0. The number of aromatic amines is 1. The number of hydrogen-bond donors (Lipinski definition) is 4. The van der Waals surface area contributed by atoms with E-state index < -0.39 is 6.10 Å². The van der Waals surface area contributed by atoms with Gasteiger partial charge in [-0.15, -0.1) is 0 Å². The summed E-state index contributed by atoms with van der Waals surface area (Å²) in [6.45, 7) is 3.72. The van der Waals surface area contributed by atoms with E-state index in [9.17, 15) is 5.11 Å².